The zero-order valence-electron chi connectivity index (χ0n) is 45.3. The fourth-order valence-electron chi connectivity index (χ4n) is 8.65. The van der Waals surface area contributed by atoms with Crippen molar-refractivity contribution in [3.05, 3.63) is 111 Å². The van der Waals surface area contributed by atoms with Crippen LogP contribution in [0.1, 0.15) is 119 Å². The Labute approximate surface area is 503 Å². The molecule has 84 heavy (non-hydrogen) atoms. The summed E-state index contributed by atoms with van der Waals surface area (Å²) >= 11 is 7.25. The maximum atomic E-state index is 14.3. The minimum atomic E-state index is -1.32. The van der Waals surface area contributed by atoms with Crippen LogP contribution in [0.25, 0.3) is 43.4 Å². The van der Waals surface area contributed by atoms with Gasteiger partial charge in [0.2, 0.25) is 17.7 Å². The van der Waals surface area contributed by atoms with Crippen molar-refractivity contribution in [1.29, 1.82) is 0 Å². The number of carboxylic acid groups (broad SMARTS) is 2. The van der Waals surface area contributed by atoms with Gasteiger partial charge in [-0.3, -0.25) is 38.4 Å². The Morgan fingerprint density at radius 1 is 0.690 bits per heavy atom. The molecule has 30 heteroatoms. The minimum Gasteiger partial charge on any atom is -0.481 e. The third-order valence-corrected chi connectivity index (χ3v) is 18.6. The van der Waals surface area contributed by atoms with Crippen LogP contribution in [-0.4, -0.2) is 113 Å². The molecule has 0 aliphatic carbocycles. The Bertz CT molecular complexity index is 3780. The number of carbonyl (C=O) groups excluding carboxylic acids is 6. The zero-order chi connectivity index (χ0) is 59.8. The van der Waals surface area contributed by atoms with Gasteiger partial charge in [-0.25, -0.2) is 34.9 Å². The van der Waals surface area contributed by atoms with Crippen LogP contribution in [0.2, 0.25) is 0 Å². The standard InChI is InChI=1S/C54H53N13O11S6/c1-24(2)41-53-67-44(35(84-53)19-78-5)46(74)56-18-39(70)57-30(15-26-9-7-6-8-10-26)50-62-34(22-81-50)51-60-32(20-80-51)43-28(12-13-29(58-43)49-64-36(23-82-49)63-37(68)14-11-27(54(76)77)16-40(71)72)48-61-33(21-79-48)45(73)59-31(17-38(69)55-4)52-66-42(25(3)83-52)47(75)65-41/h6-10,12-13,20-24,27,30-31,41H,11,14-19H2,1-5H3,(H,55,69)(H,56,74)(H,57,70)(H,59,73)(H,63,68)(H,65,75)(H,71,72)(H,76,77)/t27-,30?,31+,41?/m1/s1. The zero-order valence-corrected chi connectivity index (χ0v) is 50.2. The van der Waals surface area contributed by atoms with Crippen molar-refractivity contribution < 1.29 is 53.3 Å². The Kier molecular flexibility index (Phi) is 19.5. The van der Waals surface area contributed by atoms with Crippen molar-refractivity contribution >= 4 is 121 Å². The first-order valence-electron chi connectivity index (χ1n) is 25.8. The van der Waals surface area contributed by atoms with Gasteiger partial charge in [-0.15, -0.1) is 68.0 Å². The number of amides is 6. The van der Waals surface area contributed by atoms with Gasteiger partial charge in [0, 0.05) is 52.5 Å². The number of aryl methyl sites for hydroxylation is 1. The van der Waals surface area contributed by atoms with E-state index in [1.807, 2.05) is 49.6 Å². The van der Waals surface area contributed by atoms with Gasteiger partial charge in [-0.05, 0) is 43.4 Å². The van der Waals surface area contributed by atoms with Gasteiger partial charge in [0.25, 0.3) is 17.7 Å². The number of nitrogens with zero attached hydrogens (tertiary/aromatic N) is 7. The van der Waals surface area contributed by atoms with E-state index in [0.29, 0.717) is 69.6 Å². The Balaban J connectivity index is 1.09. The molecule has 0 saturated carbocycles. The number of rotatable bonds is 15. The molecule has 1 aliphatic rings. The summed E-state index contributed by atoms with van der Waals surface area (Å²) in [4.78, 5) is 140. The molecule has 24 nitrogen and oxygen atoms in total. The van der Waals surface area contributed by atoms with Crippen molar-refractivity contribution in [3.63, 3.8) is 0 Å². The summed E-state index contributed by atoms with van der Waals surface area (Å²) in [5.74, 6) is -7.22. The topological polar surface area (TPSA) is 349 Å². The Morgan fingerprint density at radius 2 is 1.40 bits per heavy atom. The van der Waals surface area contributed by atoms with Crippen molar-refractivity contribution in [3.8, 4) is 43.4 Å². The molecular formula is C54H53N13O11S6. The molecular weight excluding hydrogens is 1200 g/mol. The molecule has 1 aliphatic heterocycles. The summed E-state index contributed by atoms with van der Waals surface area (Å²) in [6.45, 7) is 5.09. The van der Waals surface area contributed by atoms with Gasteiger partial charge in [0.05, 0.1) is 60.6 Å². The van der Waals surface area contributed by atoms with E-state index in [-0.39, 0.29) is 59.7 Å². The molecule has 6 amide bonds. The molecule has 7 aromatic heterocycles. The van der Waals surface area contributed by atoms with Crippen molar-refractivity contribution in [2.45, 2.75) is 77.6 Å². The van der Waals surface area contributed by atoms with Crippen LogP contribution < -0.4 is 31.9 Å². The molecule has 8 N–H and O–H groups in total. The number of ether oxygens (including phenoxy) is 1. The second-order valence-corrected chi connectivity index (χ2v) is 25.1. The van der Waals surface area contributed by atoms with E-state index in [9.17, 15) is 43.5 Å². The molecule has 8 aromatic rings. The van der Waals surface area contributed by atoms with Gasteiger partial charge < -0.3 is 46.9 Å². The highest BCUT2D eigenvalue weighted by Gasteiger charge is 2.32. The molecule has 2 unspecified atom stereocenters. The summed E-state index contributed by atoms with van der Waals surface area (Å²) in [7, 11) is 2.94. The lowest BCUT2D eigenvalue weighted by atomic mass is 9.99. The summed E-state index contributed by atoms with van der Waals surface area (Å²) in [5, 5.41) is 44.9. The maximum absolute atomic E-state index is 14.3. The third-order valence-electron chi connectivity index (χ3n) is 12.9. The first kappa shape index (κ1) is 60.5. The molecule has 9 rings (SSSR count). The van der Waals surface area contributed by atoms with Crippen molar-refractivity contribution in [2.24, 2.45) is 11.8 Å². The Hall–Kier alpha value is -8.13. The van der Waals surface area contributed by atoms with Crippen LogP contribution in [0, 0.1) is 18.8 Å². The predicted molar refractivity (Wildman–Crippen MR) is 317 cm³/mol. The largest absolute Gasteiger partial charge is 0.481 e. The van der Waals surface area contributed by atoms with Gasteiger partial charge in [-0.1, -0.05) is 44.2 Å². The number of fused-ring (bicyclic) bond motifs is 14. The second-order valence-electron chi connectivity index (χ2n) is 19.3. The third kappa shape index (κ3) is 14.6. The highest BCUT2D eigenvalue weighted by atomic mass is 32.1. The number of aromatic nitrogens is 7. The second kappa shape index (κ2) is 27.1. The van der Waals surface area contributed by atoms with E-state index >= 15 is 0 Å². The molecule has 0 fully saturated rings. The molecule has 436 valence electrons. The number of thiazole rings is 6. The number of aliphatic carboxylic acids is 2. The van der Waals surface area contributed by atoms with Crippen LogP contribution >= 0.6 is 68.0 Å². The fraction of sp³-hybridized carbons (Fsp3) is 0.315. The van der Waals surface area contributed by atoms with Crippen molar-refractivity contribution in [1.82, 2.24) is 61.5 Å². The predicted octanol–water partition coefficient (Wildman–Crippen LogP) is 7.72. The average Bonchev–Trinajstić information content (AvgIpc) is 3.72. The number of methoxy groups -OCH3 is 1. The highest BCUT2D eigenvalue weighted by Crippen LogP contribution is 2.39. The van der Waals surface area contributed by atoms with E-state index in [1.54, 1.807) is 35.2 Å². The highest BCUT2D eigenvalue weighted by molar-refractivity contribution is 7.15. The van der Waals surface area contributed by atoms with Crippen LogP contribution in [-0.2, 0) is 41.7 Å². The monoisotopic (exact) mass is 1250 g/mol. The van der Waals surface area contributed by atoms with Crippen molar-refractivity contribution in [2.75, 3.05) is 26.0 Å². The lowest BCUT2D eigenvalue weighted by Gasteiger charge is -2.20. The normalized spacial score (nSPS) is 16.2. The van der Waals surface area contributed by atoms with E-state index in [2.05, 4.69) is 41.9 Å². The molecule has 0 radical (unpaired) electrons. The number of anilines is 1. The van der Waals surface area contributed by atoms with Gasteiger partial charge in [0.15, 0.2) is 0 Å². The molecule has 4 atom stereocenters. The molecule has 0 saturated heterocycles. The van der Waals surface area contributed by atoms with Crippen LogP contribution in [0.4, 0.5) is 5.82 Å². The molecule has 8 heterocycles. The summed E-state index contributed by atoms with van der Waals surface area (Å²) in [5.41, 5.74) is 3.13. The van der Waals surface area contributed by atoms with Gasteiger partial charge in [0.1, 0.15) is 70.0 Å². The summed E-state index contributed by atoms with van der Waals surface area (Å²) < 4.78 is 5.45. The van der Waals surface area contributed by atoms with Gasteiger partial charge >= 0.3 is 11.9 Å². The lowest BCUT2D eigenvalue weighted by molar-refractivity contribution is -0.148. The number of hydrogen-bond donors (Lipinski definition) is 8. The molecule has 1 aromatic carbocycles. The van der Waals surface area contributed by atoms with Crippen LogP contribution in [0.3, 0.4) is 0 Å². The Morgan fingerprint density at radius 3 is 2.14 bits per heavy atom. The van der Waals surface area contributed by atoms with E-state index in [4.69, 9.17) is 34.8 Å². The lowest BCUT2D eigenvalue weighted by Crippen LogP contribution is -2.39. The average molecular weight is 1250 g/mol. The van der Waals surface area contributed by atoms with Crippen LogP contribution in [0.5, 0.6) is 0 Å². The number of nitrogens with one attached hydrogen (secondary N) is 6. The van der Waals surface area contributed by atoms with Crippen LogP contribution in [0.15, 0.2) is 64.0 Å². The quantitative estimate of drug-likeness (QED) is 0.0487. The summed E-state index contributed by atoms with van der Waals surface area (Å²) in [6, 6.07) is 10.6. The van der Waals surface area contributed by atoms with E-state index in [0.717, 1.165) is 28.2 Å². The molecule has 0 spiro atoms. The van der Waals surface area contributed by atoms with Gasteiger partial charge in [-0.2, -0.15) is 0 Å². The molecule has 10 bridgehead atoms. The number of carbonyl (C=O) groups is 8. The first-order chi connectivity index (χ1) is 40.3. The number of carboxylic acids is 2. The number of benzene rings is 1. The minimum absolute atomic E-state index is 0.00955. The fourth-order valence-corrected chi connectivity index (χ4v) is 14.1. The number of hydrogen-bond acceptors (Lipinski definition) is 22. The van der Waals surface area contributed by atoms with E-state index in [1.165, 1.54) is 59.5 Å². The van der Waals surface area contributed by atoms with E-state index < -0.39 is 84.4 Å². The smallest absolute Gasteiger partial charge is 0.307 e. The SMILES string of the molecule is CNC(=O)C[C@@H]1NC(=O)c2csc(n2)-c2ccc(-c3nc(NC(=O)CC[C@H](CC(=O)O)C(=O)O)cs3)nc2-c2csc(n2)-c2csc(n2)C(Cc2ccccc2)NC(=O)CNC(=O)c2nc(sc2COC)C(C(C)C)NC(=O)c2nc1sc2C. The maximum Gasteiger partial charge on any atom is 0.307 e. The number of pyridine rings is 1. The first-order valence-corrected chi connectivity index (χ1v) is 31.0. The summed E-state index contributed by atoms with van der Waals surface area (Å²) in [6.07, 6.45) is -0.967.